The third kappa shape index (κ3) is 2.19. The van der Waals surface area contributed by atoms with E-state index >= 15 is 0 Å². The zero-order chi connectivity index (χ0) is 11.6. The molecular formula is C9H13N3O3S. The molecule has 1 fully saturated rings. The highest BCUT2D eigenvalue weighted by molar-refractivity contribution is 7.99. The van der Waals surface area contributed by atoms with Crippen molar-refractivity contribution in [1.29, 1.82) is 0 Å². The van der Waals surface area contributed by atoms with Gasteiger partial charge in [-0.1, -0.05) is 5.16 Å². The van der Waals surface area contributed by atoms with Crippen LogP contribution in [0, 0.1) is 6.92 Å². The van der Waals surface area contributed by atoms with E-state index in [0.717, 1.165) is 5.75 Å². The normalized spacial score (nSPS) is 24.8. The lowest BCUT2D eigenvalue weighted by atomic mass is 9.99. The molecule has 0 radical (unpaired) electrons. The molecule has 1 atom stereocenters. The Kier molecular flexibility index (Phi) is 3.15. The van der Waals surface area contributed by atoms with E-state index in [0.29, 0.717) is 30.4 Å². The molecule has 0 aromatic carbocycles. The van der Waals surface area contributed by atoms with E-state index in [-0.39, 0.29) is 0 Å². The Morgan fingerprint density at radius 2 is 2.56 bits per heavy atom. The Bertz CT molecular complexity index is 387. The molecule has 2 N–H and O–H groups in total. The van der Waals surface area contributed by atoms with Crippen molar-refractivity contribution >= 4 is 17.7 Å². The van der Waals surface area contributed by atoms with E-state index in [1.54, 1.807) is 18.7 Å². The molecule has 88 valence electrons. The number of carboxylic acids is 1. The second-order valence-electron chi connectivity index (χ2n) is 3.78. The summed E-state index contributed by atoms with van der Waals surface area (Å²) in [6.45, 7) is 2.03. The van der Waals surface area contributed by atoms with Gasteiger partial charge in [-0.15, -0.1) is 0 Å². The summed E-state index contributed by atoms with van der Waals surface area (Å²) >= 11 is 1.64. The Labute approximate surface area is 96.8 Å². The Morgan fingerprint density at radius 1 is 1.75 bits per heavy atom. The fraction of sp³-hybridized carbons (Fsp3) is 0.667. The molecule has 7 heteroatoms. The quantitative estimate of drug-likeness (QED) is 0.792. The summed E-state index contributed by atoms with van der Waals surface area (Å²) in [5.74, 6) is 1.61. The number of rotatable bonds is 4. The SMILES string of the molecule is Cc1noc(CNC2(C(=O)O)CCSC2)n1. The van der Waals surface area contributed by atoms with Gasteiger partial charge in [-0.05, 0) is 19.1 Å². The third-order valence-electron chi connectivity index (χ3n) is 2.58. The monoisotopic (exact) mass is 243 g/mol. The average Bonchev–Trinajstić information content (AvgIpc) is 2.84. The first-order valence-corrected chi connectivity index (χ1v) is 6.13. The maximum absolute atomic E-state index is 11.2. The number of hydrogen-bond acceptors (Lipinski definition) is 6. The molecule has 1 aromatic rings. The van der Waals surface area contributed by atoms with Crippen LogP contribution in [0.3, 0.4) is 0 Å². The summed E-state index contributed by atoms with van der Waals surface area (Å²) in [7, 11) is 0. The molecule has 2 heterocycles. The molecule has 1 aliphatic heterocycles. The van der Waals surface area contributed by atoms with Gasteiger partial charge in [0.1, 0.15) is 5.54 Å². The van der Waals surface area contributed by atoms with E-state index in [1.807, 2.05) is 0 Å². The number of carboxylic acid groups (broad SMARTS) is 1. The number of aliphatic carboxylic acids is 1. The number of aryl methyl sites for hydroxylation is 1. The summed E-state index contributed by atoms with van der Waals surface area (Å²) in [6, 6.07) is 0. The average molecular weight is 243 g/mol. The molecule has 0 saturated carbocycles. The van der Waals surface area contributed by atoms with Crippen LogP contribution in [0.15, 0.2) is 4.52 Å². The number of thioether (sulfide) groups is 1. The van der Waals surface area contributed by atoms with Crippen molar-refractivity contribution in [1.82, 2.24) is 15.5 Å². The molecular weight excluding hydrogens is 230 g/mol. The van der Waals surface area contributed by atoms with Gasteiger partial charge in [0.15, 0.2) is 5.82 Å². The zero-order valence-corrected chi connectivity index (χ0v) is 9.71. The van der Waals surface area contributed by atoms with Crippen LogP contribution in [-0.2, 0) is 11.3 Å². The highest BCUT2D eigenvalue weighted by atomic mass is 32.2. The summed E-state index contributed by atoms with van der Waals surface area (Å²) in [6.07, 6.45) is 0.625. The highest BCUT2D eigenvalue weighted by Gasteiger charge is 2.41. The topological polar surface area (TPSA) is 88.2 Å². The van der Waals surface area contributed by atoms with Crippen LogP contribution in [-0.4, -0.2) is 38.3 Å². The first-order valence-electron chi connectivity index (χ1n) is 4.98. The fourth-order valence-electron chi connectivity index (χ4n) is 1.61. The van der Waals surface area contributed by atoms with Crippen molar-refractivity contribution in [3.63, 3.8) is 0 Å². The van der Waals surface area contributed by atoms with Gasteiger partial charge in [0.25, 0.3) is 0 Å². The van der Waals surface area contributed by atoms with E-state index in [1.165, 1.54) is 0 Å². The van der Waals surface area contributed by atoms with Gasteiger partial charge in [0.05, 0.1) is 6.54 Å². The standard InChI is InChI=1S/C9H13N3O3S/c1-6-11-7(15-12-6)4-10-9(8(13)14)2-3-16-5-9/h10H,2-5H2,1H3,(H,13,14). The lowest BCUT2D eigenvalue weighted by Gasteiger charge is -2.23. The second kappa shape index (κ2) is 4.42. The molecule has 2 rings (SSSR count). The predicted octanol–water partition coefficient (Wildman–Crippen LogP) is 0.428. The van der Waals surface area contributed by atoms with Gasteiger partial charge in [-0.25, -0.2) is 0 Å². The van der Waals surface area contributed by atoms with Crippen molar-refractivity contribution in [2.45, 2.75) is 25.4 Å². The van der Waals surface area contributed by atoms with Crippen LogP contribution in [0.25, 0.3) is 0 Å². The minimum absolute atomic E-state index is 0.299. The van der Waals surface area contributed by atoms with E-state index in [2.05, 4.69) is 15.5 Å². The van der Waals surface area contributed by atoms with Crippen molar-refractivity contribution in [2.75, 3.05) is 11.5 Å². The van der Waals surface area contributed by atoms with Gasteiger partial charge in [-0.3, -0.25) is 10.1 Å². The zero-order valence-electron chi connectivity index (χ0n) is 8.89. The number of hydrogen-bond donors (Lipinski definition) is 2. The lowest BCUT2D eigenvalue weighted by molar-refractivity contribution is -0.143. The van der Waals surface area contributed by atoms with Crippen molar-refractivity contribution in [3.8, 4) is 0 Å². The molecule has 1 aromatic heterocycles. The third-order valence-corrected chi connectivity index (χ3v) is 3.77. The molecule has 1 saturated heterocycles. The maximum Gasteiger partial charge on any atom is 0.324 e. The predicted molar refractivity (Wildman–Crippen MR) is 58.2 cm³/mol. The summed E-state index contributed by atoms with van der Waals surface area (Å²) in [5, 5.41) is 15.9. The lowest BCUT2D eigenvalue weighted by Crippen LogP contribution is -2.51. The molecule has 0 bridgehead atoms. The molecule has 1 aliphatic rings. The highest BCUT2D eigenvalue weighted by Crippen LogP contribution is 2.28. The first-order chi connectivity index (χ1) is 7.62. The van der Waals surface area contributed by atoms with Crippen LogP contribution in [0.2, 0.25) is 0 Å². The first kappa shape index (κ1) is 11.4. The minimum Gasteiger partial charge on any atom is -0.480 e. The molecule has 16 heavy (non-hydrogen) atoms. The number of carbonyl (C=O) groups is 1. The van der Waals surface area contributed by atoms with Crippen LogP contribution in [0.1, 0.15) is 18.1 Å². The van der Waals surface area contributed by atoms with Crippen LogP contribution < -0.4 is 5.32 Å². The number of nitrogens with zero attached hydrogens (tertiary/aromatic N) is 2. The van der Waals surface area contributed by atoms with Gasteiger partial charge < -0.3 is 9.63 Å². The Balaban J connectivity index is 1.99. The maximum atomic E-state index is 11.2. The molecule has 6 nitrogen and oxygen atoms in total. The number of aromatic nitrogens is 2. The van der Waals surface area contributed by atoms with Gasteiger partial charge in [0.2, 0.25) is 5.89 Å². The van der Waals surface area contributed by atoms with E-state index < -0.39 is 11.5 Å². The Hall–Kier alpha value is -1.08. The molecule has 1 unspecified atom stereocenters. The molecule has 0 amide bonds. The van der Waals surface area contributed by atoms with Crippen LogP contribution in [0.4, 0.5) is 0 Å². The van der Waals surface area contributed by atoms with Crippen molar-refractivity contribution in [3.05, 3.63) is 11.7 Å². The fourth-order valence-corrected chi connectivity index (χ4v) is 2.96. The largest absolute Gasteiger partial charge is 0.480 e. The Morgan fingerprint density at radius 3 is 3.06 bits per heavy atom. The van der Waals surface area contributed by atoms with E-state index in [9.17, 15) is 9.90 Å². The van der Waals surface area contributed by atoms with E-state index in [4.69, 9.17) is 4.52 Å². The summed E-state index contributed by atoms with van der Waals surface area (Å²) in [5.41, 5.74) is -0.840. The summed E-state index contributed by atoms with van der Waals surface area (Å²) < 4.78 is 4.93. The minimum atomic E-state index is -0.840. The van der Waals surface area contributed by atoms with Gasteiger partial charge in [-0.2, -0.15) is 16.7 Å². The number of nitrogens with one attached hydrogen (secondary N) is 1. The van der Waals surface area contributed by atoms with Crippen LogP contribution >= 0.6 is 11.8 Å². The molecule has 0 aliphatic carbocycles. The van der Waals surface area contributed by atoms with Gasteiger partial charge >= 0.3 is 5.97 Å². The van der Waals surface area contributed by atoms with Crippen molar-refractivity contribution < 1.29 is 14.4 Å². The van der Waals surface area contributed by atoms with Crippen LogP contribution in [0.5, 0.6) is 0 Å². The smallest absolute Gasteiger partial charge is 0.324 e. The van der Waals surface area contributed by atoms with Crippen molar-refractivity contribution in [2.24, 2.45) is 0 Å². The second-order valence-corrected chi connectivity index (χ2v) is 4.88. The summed E-state index contributed by atoms with van der Waals surface area (Å²) in [4.78, 5) is 15.2. The molecule has 0 spiro atoms. The van der Waals surface area contributed by atoms with Gasteiger partial charge in [0, 0.05) is 5.75 Å².